The van der Waals surface area contributed by atoms with Crippen LogP contribution in [0.3, 0.4) is 0 Å². The van der Waals surface area contributed by atoms with E-state index < -0.39 is 29.7 Å². The quantitative estimate of drug-likeness (QED) is 0.738. The van der Waals surface area contributed by atoms with Gasteiger partial charge in [0.1, 0.15) is 11.7 Å². The molecule has 0 fully saturated rings. The molecule has 1 aromatic carbocycles. The third kappa shape index (κ3) is 4.76. The number of rotatable bonds is 7. The Morgan fingerprint density at radius 1 is 1.20 bits per heavy atom. The van der Waals surface area contributed by atoms with E-state index in [1.165, 1.54) is 0 Å². The number of benzene rings is 1. The number of esters is 1. The van der Waals surface area contributed by atoms with E-state index >= 15 is 0 Å². The second-order valence-corrected chi connectivity index (χ2v) is 5.73. The Hall–Kier alpha value is -2.96. The van der Waals surface area contributed by atoms with Crippen LogP contribution in [0.5, 0.6) is 0 Å². The Labute approximate surface area is 145 Å². The molecule has 2 amide bonds. The number of nitrogens with two attached hydrogens (primary N) is 1. The van der Waals surface area contributed by atoms with Gasteiger partial charge in [0.05, 0.1) is 18.5 Å². The number of hydrogen-bond donors (Lipinski definition) is 2. The zero-order chi connectivity index (χ0) is 18.4. The number of aromatic nitrogens is 1. The van der Waals surface area contributed by atoms with Gasteiger partial charge in [0.15, 0.2) is 0 Å². The van der Waals surface area contributed by atoms with Crippen molar-refractivity contribution in [3.63, 3.8) is 0 Å². The monoisotopic (exact) mass is 343 g/mol. The number of pyridine rings is 1. The Kier molecular flexibility index (Phi) is 6.05. The van der Waals surface area contributed by atoms with E-state index in [0.717, 1.165) is 5.39 Å². The number of carbonyl (C=O) groups excluding carboxylic acids is 3. The minimum atomic E-state index is -0.995. The number of nitrogens with zero attached hydrogens (tertiary/aromatic N) is 1. The van der Waals surface area contributed by atoms with Gasteiger partial charge in [-0.05, 0) is 25.0 Å². The summed E-state index contributed by atoms with van der Waals surface area (Å²) in [5.41, 5.74) is 6.22. The van der Waals surface area contributed by atoms with Crippen molar-refractivity contribution < 1.29 is 19.1 Å². The summed E-state index contributed by atoms with van der Waals surface area (Å²) in [6.45, 7) is 3.60. The van der Waals surface area contributed by atoms with E-state index in [-0.39, 0.29) is 18.7 Å². The highest BCUT2D eigenvalue weighted by molar-refractivity contribution is 5.97. The molecule has 1 aromatic heterocycles. The van der Waals surface area contributed by atoms with Gasteiger partial charge < -0.3 is 15.8 Å². The van der Waals surface area contributed by atoms with Gasteiger partial charge in [-0.3, -0.25) is 14.4 Å². The van der Waals surface area contributed by atoms with Crippen molar-refractivity contribution >= 4 is 28.7 Å². The van der Waals surface area contributed by atoms with Crippen LogP contribution in [0.15, 0.2) is 36.4 Å². The lowest BCUT2D eigenvalue weighted by atomic mass is 9.97. The minimum absolute atomic E-state index is 0.0210. The predicted molar refractivity (Wildman–Crippen MR) is 92.6 cm³/mol. The molecule has 0 spiro atoms. The van der Waals surface area contributed by atoms with Crippen molar-refractivity contribution in [3.05, 3.63) is 42.1 Å². The van der Waals surface area contributed by atoms with Gasteiger partial charge in [0, 0.05) is 5.39 Å². The first-order valence-electron chi connectivity index (χ1n) is 8.04. The average Bonchev–Trinajstić information content (AvgIpc) is 2.58. The van der Waals surface area contributed by atoms with E-state index in [4.69, 9.17) is 10.5 Å². The summed E-state index contributed by atoms with van der Waals surface area (Å²) in [5.74, 6) is -2.18. The summed E-state index contributed by atoms with van der Waals surface area (Å²) in [4.78, 5) is 40.0. The maximum absolute atomic E-state index is 12.4. The third-order valence-corrected chi connectivity index (χ3v) is 3.79. The average molecular weight is 343 g/mol. The van der Waals surface area contributed by atoms with E-state index in [2.05, 4.69) is 10.3 Å². The van der Waals surface area contributed by atoms with Crippen LogP contribution < -0.4 is 11.1 Å². The van der Waals surface area contributed by atoms with Gasteiger partial charge in [0.25, 0.3) is 5.91 Å². The molecule has 0 radical (unpaired) electrons. The van der Waals surface area contributed by atoms with Crippen molar-refractivity contribution in [1.82, 2.24) is 10.3 Å². The van der Waals surface area contributed by atoms with Crippen molar-refractivity contribution in [2.75, 3.05) is 6.61 Å². The number of amides is 2. The van der Waals surface area contributed by atoms with Crippen molar-refractivity contribution in [2.24, 2.45) is 11.7 Å². The molecule has 7 heteroatoms. The standard InChI is InChI=1S/C18H21N3O4/c1-3-25-15(22)10-11(2)16(17(19)23)21-18(24)14-9-8-12-6-4-5-7-13(12)20-14/h4-9,11,16H,3,10H2,1-2H3,(H2,19,23)(H,21,24)/t11-,16-/m0/s1. The molecule has 3 N–H and O–H groups in total. The largest absolute Gasteiger partial charge is 0.466 e. The number of para-hydroxylation sites is 1. The van der Waals surface area contributed by atoms with Gasteiger partial charge in [-0.2, -0.15) is 0 Å². The van der Waals surface area contributed by atoms with Crippen molar-refractivity contribution in [1.29, 1.82) is 0 Å². The number of carbonyl (C=O) groups is 3. The lowest BCUT2D eigenvalue weighted by Crippen LogP contribution is -2.49. The Morgan fingerprint density at radius 3 is 2.60 bits per heavy atom. The fraction of sp³-hybridized carbons (Fsp3) is 0.333. The second-order valence-electron chi connectivity index (χ2n) is 5.73. The summed E-state index contributed by atoms with van der Waals surface area (Å²) >= 11 is 0. The van der Waals surface area contributed by atoms with Crippen LogP contribution in [-0.4, -0.2) is 35.4 Å². The molecule has 2 aromatic rings. The SMILES string of the molecule is CCOC(=O)C[C@H](C)[C@H](NC(=O)c1ccc2ccccc2n1)C(N)=O. The summed E-state index contributed by atoms with van der Waals surface area (Å²) in [7, 11) is 0. The molecule has 0 saturated heterocycles. The first-order chi connectivity index (χ1) is 11.9. The summed E-state index contributed by atoms with van der Waals surface area (Å²) < 4.78 is 4.86. The zero-order valence-electron chi connectivity index (χ0n) is 14.2. The zero-order valence-corrected chi connectivity index (χ0v) is 14.2. The van der Waals surface area contributed by atoms with Gasteiger partial charge >= 0.3 is 5.97 Å². The van der Waals surface area contributed by atoms with Gasteiger partial charge in [-0.1, -0.05) is 31.2 Å². The Morgan fingerprint density at radius 2 is 1.92 bits per heavy atom. The van der Waals surface area contributed by atoms with Crippen molar-refractivity contribution in [3.8, 4) is 0 Å². The maximum atomic E-state index is 12.4. The van der Waals surface area contributed by atoms with Gasteiger partial charge in [-0.15, -0.1) is 0 Å². The van der Waals surface area contributed by atoms with Crippen LogP contribution in [0.1, 0.15) is 30.8 Å². The molecular weight excluding hydrogens is 322 g/mol. The molecule has 0 saturated carbocycles. The third-order valence-electron chi connectivity index (χ3n) is 3.79. The smallest absolute Gasteiger partial charge is 0.306 e. The molecule has 0 aliphatic carbocycles. The molecule has 25 heavy (non-hydrogen) atoms. The highest BCUT2D eigenvalue weighted by Gasteiger charge is 2.28. The first-order valence-corrected chi connectivity index (χ1v) is 8.04. The minimum Gasteiger partial charge on any atom is -0.466 e. The van der Waals surface area contributed by atoms with E-state index in [1.54, 1.807) is 32.0 Å². The fourth-order valence-electron chi connectivity index (χ4n) is 2.50. The van der Waals surface area contributed by atoms with Crippen LogP contribution >= 0.6 is 0 Å². The van der Waals surface area contributed by atoms with Crippen LogP contribution in [0.25, 0.3) is 10.9 Å². The molecular formula is C18H21N3O4. The summed E-state index contributed by atoms with van der Waals surface area (Å²) in [6.07, 6.45) is -0.0210. The molecule has 0 bridgehead atoms. The van der Waals surface area contributed by atoms with Gasteiger partial charge in [0.2, 0.25) is 5.91 Å². The van der Waals surface area contributed by atoms with E-state index in [1.807, 2.05) is 18.2 Å². The molecule has 0 aliphatic heterocycles. The number of hydrogen-bond acceptors (Lipinski definition) is 5. The Bertz CT molecular complexity index is 791. The molecule has 1 heterocycles. The number of nitrogens with one attached hydrogen (secondary N) is 1. The predicted octanol–water partition coefficient (Wildman–Crippen LogP) is 1.41. The normalized spacial score (nSPS) is 13.0. The summed E-state index contributed by atoms with van der Waals surface area (Å²) in [5, 5.41) is 3.46. The molecule has 132 valence electrons. The fourth-order valence-corrected chi connectivity index (χ4v) is 2.50. The van der Waals surface area contributed by atoms with Crippen molar-refractivity contribution in [2.45, 2.75) is 26.3 Å². The van der Waals surface area contributed by atoms with Crippen LogP contribution in [0.4, 0.5) is 0 Å². The molecule has 2 rings (SSSR count). The number of ether oxygens (including phenoxy) is 1. The maximum Gasteiger partial charge on any atom is 0.306 e. The summed E-state index contributed by atoms with van der Waals surface area (Å²) in [6, 6.07) is 9.74. The molecule has 7 nitrogen and oxygen atoms in total. The number of fused-ring (bicyclic) bond motifs is 1. The van der Waals surface area contributed by atoms with Gasteiger partial charge in [-0.25, -0.2) is 4.98 Å². The lowest BCUT2D eigenvalue weighted by molar-refractivity contribution is -0.144. The van der Waals surface area contributed by atoms with Crippen LogP contribution in [0, 0.1) is 5.92 Å². The topological polar surface area (TPSA) is 111 Å². The highest BCUT2D eigenvalue weighted by atomic mass is 16.5. The Balaban J connectivity index is 2.13. The molecule has 2 atom stereocenters. The van der Waals surface area contributed by atoms with E-state index in [0.29, 0.717) is 5.52 Å². The lowest BCUT2D eigenvalue weighted by Gasteiger charge is -2.21. The highest BCUT2D eigenvalue weighted by Crippen LogP contribution is 2.13. The second kappa shape index (κ2) is 8.23. The molecule has 0 aliphatic rings. The van der Waals surface area contributed by atoms with Crippen LogP contribution in [0.2, 0.25) is 0 Å². The molecule has 0 unspecified atom stereocenters. The van der Waals surface area contributed by atoms with Crippen LogP contribution in [-0.2, 0) is 14.3 Å². The van der Waals surface area contributed by atoms with E-state index in [9.17, 15) is 14.4 Å². The first kappa shape index (κ1) is 18.4. The number of primary amides is 1.